The molecule has 2 aromatic rings. The topological polar surface area (TPSA) is 90.2 Å². The highest BCUT2D eigenvalue weighted by atomic mass is 127. The van der Waals surface area contributed by atoms with E-state index in [9.17, 15) is 8.42 Å². The minimum atomic E-state index is -3.56. The first-order valence-corrected chi connectivity index (χ1v) is 12.1. The van der Waals surface area contributed by atoms with Crippen LogP contribution in [0.4, 0.5) is 0 Å². The number of piperazine rings is 1. The van der Waals surface area contributed by atoms with Crippen molar-refractivity contribution in [1.82, 2.24) is 19.8 Å². The SMILES string of the molecule is CCNC(=NCc1ccccc1S(=O)(=O)N1CCN(C)CC1)NC(C)c1ccc(C)o1.I. The fourth-order valence-electron chi connectivity index (χ4n) is 3.50. The number of nitrogens with zero attached hydrogens (tertiary/aromatic N) is 3. The molecule has 1 unspecified atom stereocenters. The molecule has 32 heavy (non-hydrogen) atoms. The lowest BCUT2D eigenvalue weighted by Crippen LogP contribution is -2.47. The maximum Gasteiger partial charge on any atom is 0.243 e. The van der Waals surface area contributed by atoms with Crippen molar-refractivity contribution in [2.45, 2.75) is 38.3 Å². The van der Waals surface area contributed by atoms with Crippen LogP contribution in [0, 0.1) is 6.92 Å². The van der Waals surface area contributed by atoms with Crippen LogP contribution in [0.5, 0.6) is 0 Å². The molecule has 1 saturated heterocycles. The van der Waals surface area contributed by atoms with Gasteiger partial charge in [-0.2, -0.15) is 4.31 Å². The second kappa shape index (κ2) is 12.0. The first-order chi connectivity index (χ1) is 14.8. The fraction of sp³-hybridized carbons (Fsp3) is 0.500. The number of sulfonamides is 1. The van der Waals surface area contributed by atoms with Gasteiger partial charge in [0.1, 0.15) is 11.5 Å². The summed E-state index contributed by atoms with van der Waals surface area (Å²) in [6, 6.07) is 10.9. The van der Waals surface area contributed by atoms with Gasteiger partial charge in [0.2, 0.25) is 10.0 Å². The Bertz CT molecular complexity index is 1000. The van der Waals surface area contributed by atoms with E-state index in [2.05, 4.69) is 20.5 Å². The molecule has 0 bridgehead atoms. The molecule has 10 heteroatoms. The van der Waals surface area contributed by atoms with Gasteiger partial charge in [-0.3, -0.25) is 0 Å². The van der Waals surface area contributed by atoms with Gasteiger partial charge in [-0.25, -0.2) is 13.4 Å². The van der Waals surface area contributed by atoms with Crippen LogP contribution in [-0.2, 0) is 16.6 Å². The zero-order valence-corrected chi connectivity index (χ0v) is 22.3. The number of guanidine groups is 1. The summed E-state index contributed by atoms with van der Waals surface area (Å²) in [5.74, 6) is 2.28. The first-order valence-electron chi connectivity index (χ1n) is 10.7. The Morgan fingerprint density at radius 1 is 1.16 bits per heavy atom. The highest BCUT2D eigenvalue weighted by molar-refractivity contribution is 14.0. The molecular weight excluding hydrogens is 541 g/mol. The van der Waals surface area contributed by atoms with Crippen molar-refractivity contribution in [3.05, 3.63) is 53.5 Å². The fourth-order valence-corrected chi connectivity index (χ4v) is 5.14. The van der Waals surface area contributed by atoms with Crippen molar-refractivity contribution < 1.29 is 12.8 Å². The molecule has 178 valence electrons. The average Bonchev–Trinajstić information content (AvgIpc) is 3.19. The van der Waals surface area contributed by atoms with Gasteiger partial charge >= 0.3 is 0 Å². The number of hydrogen-bond acceptors (Lipinski definition) is 5. The van der Waals surface area contributed by atoms with Crippen LogP contribution in [-0.4, -0.2) is 63.4 Å². The van der Waals surface area contributed by atoms with Gasteiger partial charge in [0.15, 0.2) is 5.96 Å². The van der Waals surface area contributed by atoms with E-state index in [-0.39, 0.29) is 36.6 Å². The van der Waals surface area contributed by atoms with Crippen LogP contribution in [0.1, 0.15) is 37.0 Å². The summed E-state index contributed by atoms with van der Waals surface area (Å²) in [6.45, 7) is 9.31. The molecular formula is C22H34IN5O3S. The Labute approximate surface area is 208 Å². The maximum absolute atomic E-state index is 13.3. The lowest BCUT2D eigenvalue weighted by Gasteiger charge is -2.32. The van der Waals surface area contributed by atoms with E-state index in [0.29, 0.717) is 36.1 Å². The molecule has 8 nitrogen and oxygen atoms in total. The molecule has 3 rings (SSSR count). The van der Waals surface area contributed by atoms with Crippen molar-refractivity contribution in [2.24, 2.45) is 4.99 Å². The zero-order valence-electron chi connectivity index (χ0n) is 19.2. The number of aryl methyl sites for hydroxylation is 1. The van der Waals surface area contributed by atoms with Crippen LogP contribution in [0.25, 0.3) is 0 Å². The third-order valence-corrected chi connectivity index (χ3v) is 7.34. The van der Waals surface area contributed by atoms with E-state index in [1.165, 1.54) is 0 Å². The predicted molar refractivity (Wildman–Crippen MR) is 138 cm³/mol. The molecule has 1 aliphatic rings. The van der Waals surface area contributed by atoms with Crippen LogP contribution < -0.4 is 10.6 Å². The summed E-state index contributed by atoms with van der Waals surface area (Å²) in [6.07, 6.45) is 0. The number of furan rings is 1. The lowest BCUT2D eigenvalue weighted by molar-refractivity contribution is 0.222. The van der Waals surface area contributed by atoms with E-state index in [1.807, 2.05) is 52.1 Å². The number of likely N-dealkylation sites (N-methyl/N-ethyl adjacent to an activating group) is 1. The second-order valence-electron chi connectivity index (χ2n) is 7.82. The number of halogens is 1. The number of nitrogens with one attached hydrogen (secondary N) is 2. The van der Waals surface area contributed by atoms with Crippen molar-refractivity contribution in [3.63, 3.8) is 0 Å². The van der Waals surface area contributed by atoms with Crippen LogP contribution >= 0.6 is 24.0 Å². The average molecular weight is 576 g/mol. The van der Waals surface area contributed by atoms with Gasteiger partial charge in [-0.15, -0.1) is 24.0 Å². The smallest absolute Gasteiger partial charge is 0.243 e. The number of aliphatic imine (C=N–C) groups is 1. The van der Waals surface area contributed by atoms with Crippen LogP contribution in [0.15, 0.2) is 50.7 Å². The third kappa shape index (κ3) is 6.69. The predicted octanol–water partition coefficient (Wildman–Crippen LogP) is 2.96. The minimum Gasteiger partial charge on any atom is -0.464 e. The van der Waals surface area contributed by atoms with Gasteiger partial charge in [0.05, 0.1) is 17.5 Å². The molecule has 1 aromatic heterocycles. The standard InChI is InChI=1S/C22H33N5O3S.HI/c1-5-23-22(25-18(3)20-11-10-17(2)30-20)24-16-19-8-6-7-9-21(19)31(28,29)27-14-12-26(4)13-15-27;/h6-11,18H,5,12-16H2,1-4H3,(H2,23,24,25);1H. The molecule has 2 N–H and O–H groups in total. The van der Waals surface area contributed by atoms with Crippen LogP contribution in [0.3, 0.4) is 0 Å². The van der Waals surface area contributed by atoms with Gasteiger partial charge in [0, 0.05) is 32.7 Å². The summed E-state index contributed by atoms with van der Waals surface area (Å²) in [5.41, 5.74) is 0.681. The molecule has 0 amide bonds. The summed E-state index contributed by atoms with van der Waals surface area (Å²) in [7, 11) is -1.55. The van der Waals surface area contributed by atoms with Crippen LogP contribution in [0.2, 0.25) is 0 Å². The quantitative estimate of drug-likeness (QED) is 0.300. The number of benzene rings is 1. The molecule has 1 atom stereocenters. The molecule has 2 heterocycles. The Morgan fingerprint density at radius 3 is 2.47 bits per heavy atom. The molecule has 1 aromatic carbocycles. The Morgan fingerprint density at radius 2 is 1.84 bits per heavy atom. The highest BCUT2D eigenvalue weighted by Crippen LogP contribution is 2.22. The van der Waals surface area contributed by atoms with E-state index in [1.54, 1.807) is 16.4 Å². The van der Waals surface area contributed by atoms with E-state index in [0.717, 1.165) is 24.6 Å². The first kappa shape index (κ1) is 26.6. The summed E-state index contributed by atoms with van der Waals surface area (Å²) >= 11 is 0. The molecule has 0 radical (unpaired) electrons. The zero-order chi connectivity index (χ0) is 22.4. The molecule has 0 saturated carbocycles. The van der Waals surface area contributed by atoms with Crippen molar-refractivity contribution in [3.8, 4) is 0 Å². The van der Waals surface area contributed by atoms with Gasteiger partial charge in [-0.1, -0.05) is 18.2 Å². The Kier molecular flexibility index (Phi) is 9.99. The summed E-state index contributed by atoms with van der Waals surface area (Å²) < 4.78 is 33.8. The minimum absolute atomic E-state index is 0. The summed E-state index contributed by atoms with van der Waals surface area (Å²) in [5, 5.41) is 6.54. The normalized spacial score (nSPS) is 16.9. The largest absolute Gasteiger partial charge is 0.464 e. The maximum atomic E-state index is 13.3. The van der Waals surface area contributed by atoms with E-state index < -0.39 is 10.0 Å². The third-order valence-electron chi connectivity index (χ3n) is 5.35. The number of hydrogen-bond donors (Lipinski definition) is 2. The highest BCUT2D eigenvalue weighted by Gasteiger charge is 2.29. The molecule has 0 aliphatic carbocycles. The molecule has 1 fully saturated rings. The van der Waals surface area contributed by atoms with Gasteiger partial charge in [0.25, 0.3) is 0 Å². The van der Waals surface area contributed by atoms with Gasteiger partial charge in [-0.05, 0) is 51.6 Å². The molecule has 0 spiro atoms. The van der Waals surface area contributed by atoms with Gasteiger partial charge < -0.3 is 20.0 Å². The van der Waals surface area contributed by atoms with E-state index in [4.69, 9.17) is 4.42 Å². The van der Waals surface area contributed by atoms with E-state index >= 15 is 0 Å². The van der Waals surface area contributed by atoms with Crippen molar-refractivity contribution in [1.29, 1.82) is 0 Å². The second-order valence-corrected chi connectivity index (χ2v) is 9.73. The lowest BCUT2D eigenvalue weighted by atomic mass is 10.2. The van der Waals surface area contributed by atoms with Crippen molar-refractivity contribution >= 4 is 40.0 Å². The summed E-state index contributed by atoms with van der Waals surface area (Å²) in [4.78, 5) is 7.11. The monoisotopic (exact) mass is 575 g/mol. The number of rotatable bonds is 7. The van der Waals surface area contributed by atoms with Crippen molar-refractivity contribution in [2.75, 3.05) is 39.8 Å². The Balaban J connectivity index is 0.00000363. The molecule has 1 aliphatic heterocycles. The Hall–Kier alpha value is -1.63.